The van der Waals surface area contributed by atoms with Crippen molar-refractivity contribution in [2.24, 2.45) is 0 Å². The molecular weight excluding hydrogens is 328 g/mol. The van der Waals surface area contributed by atoms with E-state index in [4.69, 9.17) is 4.74 Å². The second-order valence-corrected chi connectivity index (χ2v) is 6.56. The zero-order valence-electron chi connectivity index (χ0n) is 15.2. The van der Waals surface area contributed by atoms with Crippen LogP contribution in [0, 0.1) is 0 Å². The SMILES string of the molecule is CCOC(=O)c1cccc(C(=O)NC(C)c2ccc3c(c2)CCCC3)n1. The van der Waals surface area contributed by atoms with Crippen LogP contribution in [-0.2, 0) is 17.6 Å². The molecule has 0 radical (unpaired) electrons. The van der Waals surface area contributed by atoms with E-state index in [2.05, 4.69) is 28.5 Å². The molecule has 2 aromatic rings. The first-order chi connectivity index (χ1) is 12.6. The van der Waals surface area contributed by atoms with Gasteiger partial charge in [0.1, 0.15) is 11.4 Å². The van der Waals surface area contributed by atoms with Gasteiger partial charge in [0.25, 0.3) is 5.91 Å². The number of nitrogens with one attached hydrogen (secondary N) is 1. The van der Waals surface area contributed by atoms with Crippen LogP contribution in [0.2, 0.25) is 0 Å². The third kappa shape index (κ3) is 4.10. The smallest absolute Gasteiger partial charge is 0.356 e. The Morgan fingerprint density at radius 1 is 1.12 bits per heavy atom. The van der Waals surface area contributed by atoms with Gasteiger partial charge in [0.2, 0.25) is 0 Å². The van der Waals surface area contributed by atoms with Gasteiger partial charge in [-0.2, -0.15) is 0 Å². The summed E-state index contributed by atoms with van der Waals surface area (Å²) >= 11 is 0. The lowest BCUT2D eigenvalue weighted by molar-refractivity contribution is 0.0519. The number of rotatable bonds is 5. The fourth-order valence-corrected chi connectivity index (χ4v) is 3.26. The summed E-state index contributed by atoms with van der Waals surface area (Å²) in [7, 11) is 0. The normalized spacial score (nSPS) is 14.2. The molecule has 1 aliphatic rings. The molecule has 0 aliphatic heterocycles. The molecule has 1 N–H and O–H groups in total. The molecule has 1 aliphatic carbocycles. The van der Waals surface area contributed by atoms with E-state index < -0.39 is 5.97 Å². The lowest BCUT2D eigenvalue weighted by atomic mass is 9.89. The van der Waals surface area contributed by atoms with Crippen molar-refractivity contribution < 1.29 is 14.3 Å². The second-order valence-electron chi connectivity index (χ2n) is 6.56. The van der Waals surface area contributed by atoms with Crippen molar-refractivity contribution >= 4 is 11.9 Å². The largest absolute Gasteiger partial charge is 0.461 e. The Morgan fingerprint density at radius 3 is 2.62 bits per heavy atom. The van der Waals surface area contributed by atoms with Gasteiger partial charge in [0.05, 0.1) is 12.6 Å². The number of aromatic nitrogens is 1. The molecule has 1 atom stereocenters. The molecular formula is C21H24N2O3. The highest BCUT2D eigenvalue weighted by molar-refractivity contribution is 5.94. The summed E-state index contributed by atoms with van der Waals surface area (Å²) in [6.45, 7) is 3.96. The van der Waals surface area contributed by atoms with E-state index in [-0.39, 0.29) is 29.9 Å². The van der Waals surface area contributed by atoms with Crippen molar-refractivity contribution in [1.29, 1.82) is 0 Å². The Bertz CT molecular complexity index is 817. The number of aryl methyl sites for hydroxylation is 2. The summed E-state index contributed by atoms with van der Waals surface area (Å²) in [6, 6.07) is 11.1. The number of esters is 1. The van der Waals surface area contributed by atoms with Gasteiger partial charge in [-0.05, 0) is 68.4 Å². The molecule has 0 bridgehead atoms. The van der Waals surface area contributed by atoms with E-state index in [1.807, 2.05) is 6.92 Å². The Hall–Kier alpha value is -2.69. The van der Waals surface area contributed by atoms with Crippen molar-refractivity contribution in [1.82, 2.24) is 10.3 Å². The number of amides is 1. The van der Waals surface area contributed by atoms with Crippen LogP contribution in [0.5, 0.6) is 0 Å². The highest BCUT2D eigenvalue weighted by Gasteiger charge is 2.17. The molecule has 1 unspecified atom stereocenters. The van der Waals surface area contributed by atoms with Crippen molar-refractivity contribution in [2.45, 2.75) is 45.6 Å². The Labute approximate surface area is 153 Å². The molecule has 0 saturated carbocycles. The number of pyridine rings is 1. The lowest BCUT2D eigenvalue weighted by Crippen LogP contribution is -2.28. The molecule has 1 aromatic heterocycles. The number of hydrogen-bond acceptors (Lipinski definition) is 4. The zero-order valence-corrected chi connectivity index (χ0v) is 15.2. The Kier molecular flexibility index (Phi) is 5.66. The van der Waals surface area contributed by atoms with E-state index >= 15 is 0 Å². The van der Waals surface area contributed by atoms with Gasteiger partial charge < -0.3 is 10.1 Å². The number of carbonyl (C=O) groups excluding carboxylic acids is 2. The fourth-order valence-electron chi connectivity index (χ4n) is 3.26. The van der Waals surface area contributed by atoms with Crippen LogP contribution < -0.4 is 5.32 Å². The minimum atomic E-state index is -0.523. The van der Waals surface area contributed by atoms with E-state index in [0.717, 1.165) is 18.4 Å². The van der Waals surface area contributed by atoms with E-state index in [9.17, 15) is 9.59 Å². The maximum Gasteiger partial charge on any atom is 0.356 e. The second kappa shape index (κ2) is 8.13. The van der Waals surface area contributed by atoms with Crippen LogP contribution in [0.1, 0.15) is 70.4 Å². The number of carbonyl (C=O) groups is 2. The van der Waals surface area contributed by atoms with Gasteiger partial charge in [0.15, 0.2) is 0 Å². The first-order valence-corrected chi connectivity index (χ1v) is 9.15. The van der Waals surface area contributed by atoms with Crippen LogP contribution in [0.15, 0.2) is 36.4 Å². The maximum atomic E-state index is 12.5. The van der Waals surface area contributed by atoms with Crippen molar-refractivity contribution in [3.63, 3.8) is 0 Å². The quantitative estimate of drug-likeness (QED) is 0.835. The van der Waals surface area contributed by atoms with Crippen molar-refractivity contribution in [3.05, 3.63) is 64.5 Å². The molecule has 0 saturated heterocycles. The first kappa shape index (κ1) is 18.1. The minimum absolute atomic E-state index is 0.136. The molecule has 1 heterocycles. The number of ether oxygens (including phenoxy) is 1. The highest BCUT2D eigenvalue weighted by Crippen LogP contribution is 2.24. The van der Waals surface area contributed by atoms with E-state index in [0.29, 0.717) is 0 Å². The average Bonchev–Trinajstić information content (AvgIpc) is 2.67. The van der Waals surface area contributed by atoms with Gasteiger partial charge in [-0.3, -0.25) is 4.79 Å². The van der Waals surface area contributed by atoms with Crippen molar-refractivity contribution in [3.8, 4) is 0 Å². The predicted octanol–water partition coefficient (Wildman–Crippen LogP) is 3.63. The molecule has 0 fully saturated rings. The molecule has 5 heteroatoms. The minimum Gasteiger partial charge on any atom is -0.461 e. The summed E-state index contributed by atoms with van der Waals surface area (Å²) in [4.78, 5) is 28.4. The number of benzene rings is 1. The summed E-state index contributed by atoms with van der Waals surface area (Å²) in [5.41, 5.74) is 4.24. The van der Waals surface area contributed by atoms with Gasteiger partial charge >= 0.3 is 5.97 Å². The van der Waals surface area contributed by atoms with E-state index in [1.54, 1.807) is 25.1 Å². The van der Waals surface area contributed by atoms with Crippen molar-refractivity contribution in [2.75, 3.05) is 6.61 Å². The Balaban J connectivity index is 1.71. The van der Waals surface area contributed by atoms with Gasteiger partial charge in [0, 0.05) is 0 Å². The molecule has 3 rings (SSSR count). The topological polar surface area (TPSA) is 68.3 Å². The molecule has 5 nitrogen and oxygen atoms in total. The monoisotopic (exact) mass is 352 g/mol. The third-order valence-corrected chi connectivity index (χ3v) is 4.69. The summed E-state index contributed by atoms with van der Waals surface area (Å²) in [6.07, 6.45) is 4.72. The van der Waals surface area contributed by atoms with Crippen LogP contribution in [0.4, 0.5) is 0 Å². The standard InChI is InChI=1S/C21H24N2O3/c1-3-26-21(25)19-10-6-9-18(23-19)20(24)22-14(2)16-12-11-15-7-4-5-8-17(15)13-16/h6,9-14H,3-5,7-8H2,1-2H3,(H,22,24). The highest BCUT2D eigenvalue weighted by atomic mass is 16.5. The lowest BCUT2D eigenvalue weighted by Gasteiger charge is -2.20. The first-order valence-electron chi connectivity index (χ1n) is 9.15. The number of fused-ring (bicyclic) bond motifs is 1. The number of nitrogens with zero attached hydrogens (tertiary/aromatic N) is 1. The molecule has 0 spiro atoms. The summed E-state index contributed by atoms with van der Waals surface area (Å²) in [5.74, 6) is -0.828. The van der Waals surface area contributed by atoms with Crippen LogP contribution in [0.25, 0.3) is 0 Å². The zero-order chi connectivity index (χ0) is 18.5. The van der Waals surface area contributed by atoms with Crippen LogP contribution in [0.3, 0.4) is 0 Å². The van der Waals surface area contributed by atoms with Gasteiger partial charge in [-0.15, -0.1) is 0 Å². The van der Waals surface area contributed by atoms with Gasteiger partial charge in [-0.25, -0.2) is 9.78 Å². The molecule has 1 amide bonds. The summed E-state index contributed by atoms with van der Waals surface area (Å²) in [5, 5.41) is 2.96. The fraction of sp³-hybridized carbons (Fsp3) is 0.381. The van der Waals surface area contributed by atoms with Gasteiger partial charge in [-0.1, -0.05) is 24.3 Å². The predicted molar refractivity (Wildman–Crippen MR) is 99.2 cm³/mol. The van der Waals surface area contributed by atoms with Crippen LogP contribution in [-0.4, -0.2) is 23.5 Å². The number of hydrogen-bond donors (Lipinski definition) is 1. The Morgan fingerprint density at radius 2 is 1.85 bits per heavy atom. The molecule has 26 heavy (non-hydrogen) atoms. The molecule has 1 aromatic carbocycles. The molecule has 136 valence electrons. The maximum absolute atomic E-state index is 12.5. The van der Waals surface area contributed by atoms with Crippen LogP contribution >= 0.6 is 0 Å². The average molecular weight is 352 g/mol. The van der Waals surface area contributed by atoms with E-state index in [1.165, 1.54) is 24.0 Å². The third-order valence-electron chi connectivity index (χ3n) is 4.69. The summed E-state index contributed by atoms with van der Waals surface area (Å²) < 4.78 is 4.93.